The molecule has 0 bridgehead atoms. The molecular formula is C13H17Cl2NO3S. The summed E-state index contributed by atoms with van der Waals surface area (Å²) in [6.45, 7) is 3.48. The van der Waals surface area contributed by atoms with Crippen LogP contribution in [0.2, 0.25) is 10.0 Å². The number of carbonyl (C=O) groups excluding carboxylic acids is 1. The predicted octanol–water partition coefficient (Wildman–Crippen LogP) is 2.65. The maximum absolute atomic E-state index is 11.7. The molecule has 0 aromatic heterocycles. The maximum Gasteiger partial charge on any atom is 0.238 e. The van der Waals surface area contributed by atoms with Gasteiger partial charge in [0, 0.05) is 28.8 Å². The standard InChI is InChI=1S/C13H17Cl2NO3S/c1-8(12-10(14)5-4-6-11(12)15)7-16-13(17)9(2)20(3,18)19/h4-6,8-9H,7H2,1-3H3,(H,16,17)/t8-,9-/m0/s1. The zero-order valence-corrected chi connectivity index (χ0v) is 13.8. The van der Waals surface area contributed by atoms with Crippen molar-refractivity contribution >= 4 is 38.9 Å². The Morgan fingerprint density at radius 1 is 1.25 bits per heavy atom. The molecule has 1 N–H and O–H groups in total. The summed E-state index contributed by atoms with van der Waals surface area (Å²) in [5.41, 5.74) is 0.739. The lowest BCUT2D eigenvalue weighted by Crippen LogP contribution is -2.39. The highest BCUT2D eigenvalue weighted by Crippen LogP contribution is 2.30. The Labute approximate surface area is 129 Å². The smallest absolute Gasteiger partial charge is 0.238 e. The molecule has 1 amide bonds. The highest BCUT2D eigenvalue weighted by molar-refractivity contribution is 7.92. The van der Waals surface area contributed by atoms with E-state index in [1.807, 2.05) is 6.92 Å². The highest BCUT2D eigenvalue weighted by atomic mass is 35.5. The minimum absolute atomic E-state index is 0.119. The molecule has 1 aromatic carbocycles. The highest BCUT2D eigenvalue weighted by Gasteiger charge is 2.24. The average molecular weight is 338 g/mol. The van der Waals surface area contributed by atoms with Gasteiger partial charge >= 0.3 is 0 Å². The number of hydrogen-bond donors (Lipinski definition) is 1. The third kappa shape index (κ3) is 4.36. The summed E-state index contributed by atoms with van der Waals surface area (Å²) in [6, 6.07) is 5.19. The zero-order valence-electron chi connectivity index (χ0n) is 11.5. The number of amides is 1. The fourth-order valence-corrected chi connectivity index (χ4v) is 2.92. The fraction of sp³-hybridized carbons (Fsp3) is 0.462. The predicted molar refractivity (Wildman–Crippen MR) is 82.2 cm³/mol. The van der Waals surface area contributed by atoms with Gasteiger partial charge in [-0.05, 0) is 24.6 Å². The van der Waals surface area contributed by atoms with E-state index in [4.69, 9.17) is 23.2 Å². The van der Waals surface area contributed by atoms with Crippen LogP contribution in [0.4, 0.5) is 0 Å². The van der Waals surface area contributed by atoms with Gasteiger partial charge in [-0.2, -0.15) is 0 Å². The monoisotopic (exact) mass is 337 g/mol. The number of rotatable bonds is 5. The van der Waals surface area contributed by atoms with E-state index in [9.17, 15) is 13.2 Å². The van der Waals surface area contributed by atoms with Crippen LogP contribution in [-0.2, 0) is 14.6 Å². The molecule has 1 rings (SSSR count). The van der Waals surface area contributed by atoms with Crippen molar-refractivity contribution in [1.82, 2.24) is 5.32 Å². The molecule has 0 unspecified atom stereocenters. The van der Waals surface area contributed by atoms with Gasteiger partial charge in [0.15, 0.2) is 9.84 Å². The third-order valence-corrected chi connectivity index (χ3v) is 5.24. The molecule has 20 heavy (non-hydrogen) atoms. The number of hydrogen-bond acceptors (Lipinski definition) is 3. The number of sulfone groups is 1. The van der Waals surface area contributed by atoms with Crippen molar-refractivity contribution in [1.29, 1.82) is 0 Å². The van der Waals surface area contributed by atoms with Crippen LogP contribution in [0.1, 0.15) is 25.3 Å². The van der Waals surface area contributed by atoms with Gasteiger partial charge in [-0.1, -0.05) is 36.2 Å². The van der Waals surface area contributed by atoms with E-state index in [0.29, 0.717) is 10.0 Å². The Kier molecular flexibility index (Phi) is 5.86. The van der Waals surface area contributed by atoms with Gasteiger partial charge in [0.2, 0.25) is 5.91 Å². The van der Waals surface area contributed by atoms with Gasteiger partial charge in [-0.25, -0.2) is 8.42 Å². The van der Waals surface area contributed by atoms with Gasteiger partial charge in [0.05, 0.1) is 0 Å². The molecule has 0 spiro atoms. The minimum Gasteiger partial charge on any atom is -0.354 e. The Hall–Kier alpha value is -0.780. The van der Waals surface area contributed by atoms with Crippen LogP contribution in [0, 0.1) is 0 Å². The van der Waals surface area contributed by atoms with E-state index in [-0.39, 0.29) is 12.5 Å². The van der Waals surface area contributed by atoms with Crippen LogP contribution >= 0.6 is 23.2 Å². The SMILES string of the molecule is C[C@@H](CNC(=O)[C@H](C)S(C)(=O)=O)c1c(Cl)cccc1Cl. The summed E-state index contributed by atoms with van der Waals surface area (Å²) >= 11 is 12.2. The molecule has 0 heterocycles. The van der Waals surface area contributed by atoms with Crippen molar-refractivity contribution in [3.63, 3.8) is 0 Å². The molecule has 0 saturated heterocycles. The summed E-state index contributed by atoms with van der Waals surface area (Å²) in [4.78, 5) is 11.7. The van der Waals surface area contributed by atoms with Crippen LogP contribution in [0.5, 0.6) is 0 Å². The number of carbonyl (C=O) groups is 1. The molecular weight excluding hydrogens is 321 g/mol. The molecule has 0 saturated carbocycles. The lowest BCUT2D eigenvalue weighted by molar-refractivity contribution is -0.120. The van der Waals surface area contributed by atoms with Crippen LogP contribution in [0.3, 0.4) is 0 Å². The number of nitrogens with one attached hydrogen (secondary N) is 1. The topological polar surface area (TPSA) is 63.2 Å². The minimum atomic E-state index is -3.40. The van der Waals surface area contributed by atoms with Gasteiger partial charge in [0.1, 0.15) is 5.25 Å². The zero-order chi connectivity index (χ0) is 15.5. The quantitative estimate of drug-likeness (QED) is 0.898. The van der Waals surface area contributed by atoms with E-state index in [1.165, 1.54) is 6.92 Å². The average Bonchev–Trinajstić information content (AvgIpc) is 2.33. The Morgan fingerprint density at radius 3 is 2.20 bits per heavy atom. The molecule has 0 aliphatic heterocycles. The first-order valence-electron chi connectivity index (χ1n) is 6.05. The van der Waals surface area contributed by atoms with E-state index >= 15 is 0 Å². The maximum atomic E-state index is 11.7. The summed E-state index contributed by atoms with van der Waals surface area (Å²) in [6.07, 6.45) is 1.03. The van der Waals surface area contributed by atoms with E-state index in [1.54, 1.807) is 18.2 Å². The Morgan fingerprint density at radius 2 is 1.75 bits per heavy atom. The molecule has 0 aliphatic rings. The van der Waals surface area contributed by atoms with Crippen molar-refractivity contribution in [2.24, 2.45) is 0 Å². The molecule has 0 fully saturated rings. The van der Waals surface area contributed by atoms with Crippen LogP contribution in [-0.4, -0.2) is 32.4 Å². The molecule has 1 aromatic rings. The Balaban J connectivity index is 2.74. The van der Waals surface area contributed by atoms with Crippen molar-refractivity contribution in [3.05, 3.63) is 33.8 Å². The molecule has 112 valence electrons. The number of halogens is 2. The largest absolute Gasteiger partial charge is 0.354 e. The van der Waals surface area contributed by atoms with Crippen LogP contribution in [0.25, 0.3) is 0 Å². The molecule has 2 atom stereocenters. The normalized spacial score (nSPS) is 14.7. The van der Waals surface area contributed by atoms with Gasteiger partial charge in [-0.15, -0.1) is 0 Å². The molecule has 0 radical (unpaired) electrons. The van der Waals surface area contributed by atoms with Crippen LogP contribution < -0.4 is 5.32 Å². The van der Waals surface area contributed by atoms with Gasteiger partial charge in [0.25, 0.3) is 0 Å². The summed E-state index contributed by atoms with van der Waals surface area (Å²) in [5, 5.41) is 2.58. The Bertz CT molecular complexity index is 581. The second-order valence-corrected chi connectivity index (χ2v) is 7.93. The second-order valence-electron chi connectivity index (χ2n) is 4.75. The molecule has 7 heteroatoms. The third-order valence-electron chi connectivity index (χ3n) is 3.09. The first kappa shape index (κ1) is 17.3. The van der Waals surface area contributed by atoms with Gasteiger partial charge in [-0.3, -0.25) is 4.79 Å². The van der Waals surface area contributed by atoms with Crippen molar-refractivity contribution in [3.8, 4) is 0 Å². The number of benzene rings is 1. The van der Waals surface area contributed by atoms with Gasteiger partial charge < -0.3 is 5.32 Å². The first-order valence-corrected chi connectivity index (χ1v) is 8.76. The summed E-state index contributed by atoms with van der Waals surface area (Å²) < 4.78 is 22.6. The lowest BCUT2D eigenvalue weighted by atomic mass is 10.0. The van der Waals surface area contributed by atoms with Crippen LogP contribution in [0.15, 0.2) is 18.2 Å². The van der Waals surface area contributed by atoms with E-state index in [0.717, 1.165) is 11.8 Å². The van der Waals surface area contributed by atoms with E-state index in [2.05, 4.69) is 5.32 Å². The van der Waals surface area contributed by atoms with Crippen molar-refractivity contribution in [2.45, 2.75) is 25.0 Å². The van der Waals surface area contributed by atoms with Crippen molar-refractivity contribution < 1.29 is 13.2 Å². The molecule has 4 nitrogen and oxygen atoms in total. The van der Waals surface area contributed by atoms with E-state index < -0.39 is 21.0 Å². The summed E-state index contributed by atoms with van der Waals surface area (Å²) in [7, 11) is -3.40. The lowest BCUT2D eigenvalue weighted by Gasteiger charge is -2.17. The van der Waals surface area contributed by atoms with Crippen molar-refractivity contribution in [2.75, 3.05) is 12.8 Å². The summed E-state index contributed by atoms with van der Waals surface area (Å²) in [5.74, 6) is -0.644. The fourth-order valence-electron chi connectivity index (χ4n) is 1.68. The second kappa shape index (κ2) is 6.78. The first-order chi connectivity index (χ1) is 9.14. The molecule has 0 aliphatic carbocycles.